The fourth-order valence-electron chi connectivity index (χ4n) is 2.69. The van der Waals surface area contributed by atoms with Crippen LogP contribution in [0.4, 0.5) is 13.2 Å². The molecule has 0 bridgehead atoms. The van der Waals surface area contributed by atoms with Crippen LogP contribution >= 0.6 is 15.9 Å². The van der Waals surface area contributed by atoms with Gasteiger partial charge in [-0.2, -0.15) is 0 Å². The fourth-order valence-corrected chi connectivity index (χ4v) is 3.34. The van der Waals surface area contributed by atoms with Crippen molar-refractivity contribution in [3.05, 3.63) is 29.6 Å². The van der Waals surface area contributed by atoms with Crippen LogP contribution in [0.5, 0.6) is 5.75 Å². The number of benzene rings is 1. The highest BCUT2D eigenvalue weighted by Crippen LogP contribution is 2.37. The van der Waals surface area contributed by atoms with Crippen molar-refractivity contribution in [2.75, 3.05) is 11.9 Å². The lowest BCUT2D eigenvalue weighted by atomic mass is 9.79. The van der Waals surface area contributed by atoms with Gasteiger partial charge in [-0.05, 0) is 55.2 Å². The number of alkyl halides is 3. The molecule has 1 aromatic rings. The first kappa shape index (κ1) is 15.7. The molecule has 20 heavy (non-hydrogen) atoms. The number of halogens is 4. The molecule has 0 N–H and O–H groups in total. The first-order valence-corrected chi connectivity index (χ1v) is 7.98. The maximum Gasteiger partial charge on any atom is 0.272 e. The first-order valence-electron chi connectivity index (χ1n) is 6.86. The van der Waals surface area contributed by atoms with Gasteiger partial charge in [0, 0.05) is 5.33 Å². The van der Waals surface area contributed by atoms with Gasteiger partial charge in [0.2, 0.25) is 0 Å². The van der Waals surface area contributed by atoms with E-state index in [-0.39, 0.29) is 5.75 Å². The molecular weight excluding hydrogens is 333 g/mol. The molecule has 1 aliphatic rings. The Morgan fingerprint density at radius 3 is 2.45 bits per heavy atom. The Balaban J connectivity index is 1.98. The van der Waals surface area contributed by atoms with Gasteiger partial charge in [-0.3, -0.25) is 0 Å². The highest BCUT2D eigenvalue weighted by molar-refractivity contribution is 9.09. The highest BCUT2D eigenvalue weighted by Gasteiger charge is 2.22. The maximum absolute atomic E-state index is 13.8. The predicted octanol–water partition coefficient (Wildman–Crippen LogP) is 5.14. The topological polar surface area (TPSA) is 9.23 Å². The van der Waals surface area contributed by atoms with Gasteiger partial charge >= 0.3 is 0 Å². The zero-order valence-corrected chi connectivity index (χ0v) is 12.7. The van der Waals surface area contributed by atoms with Crippen LogP contribution in [0.1, 0.15) is 37.2 Å². The normalized spacial score (nSPS) is 23.1. The second-order valence-electron chi connectivity index (χ2n) is 5.26. The van der Waals surface area contributed by atoms with Crippen LogP contribution in [0.3, 0.4) is 0 Å². The molecule has 1 aromatic carbocycles. The Labute approximate surface area is 125 Å². The summed E-state index contributed by atoms with van der Waals surface area (Å²) < 4.78 is 42.6. The van der Waals surface area contributed by atoms with Crippen molar-refractivity contribution in [1.29, 1.82) is 0 Å². The molecule has 1 nitrogen and oxygen atoms in total. The Morgan fingerprint density at radius 2 is 1.90 bits per heavy atom. The van der Waals surface area contributed by atoms with E-state index in [0.29, 0.717) is 11.8 Å². The Hall–Kier alpha value is -0.710. The summed E-state index contributed by atoms with van der Waals surface area (Å²) in [6.45, 7) is -0.771. The maximum atomic E-state index is 13.8. The van der Waals surface area contributed by atoms with Crippen molar-refractivity contribution in [3.63, 3.8) is 0 Å². The van der Waals surface area contributed by atoms with E-state index in [0.717, 1.165) is 36.6 Å². The Kier molecular flexibility index (Phi) is 5.75. The van der Waals surface area contributed by atoms with Gasteiger partial charge in [0.1, 0.15) is 6.61 Å². The molecule has 1 fully saturated rings. The first-order chi connectivity index (χ1) is 9.60. The third kappa shape index (κ3) is 4.14. The molecule has 0 saturated heterocycles. The molecule has 0 aliphatic heterocycles. The van der Waals surface area contributed by atoms with E-state index in [4.69, 9.17) is 4.74 Å². The third-order valence-corrected chi connectivity index (χ3v) is 4.77. The summed E-state index contributed by atoms with van der Waals surface area (Å²) in [6, 6.07) is 4.69. The molecule has 0 spiro atoms. The van der Waals surface area contributed by atoms with Crippen LogP contribution in [0, 0.1) is 11.7 Å². The van der Waals surface area contributed by atoms with E-state index >= 15 is 0 Å². The number of ether oxygens (including phenoxy) is 1. The van der Waals surface area contributed by atoms with Gasteiger partial charge < -0.3 is 4.74 Å². The molecular formula is C15H18BrF3O. The molecule has 5 heteroatoms. The SMILES string of the molecule is Fc1cc(C2CCC(CBr)CC2)ccc1OCC(F)F. The van der Waals surface area contributed by atoms with Crippen molar-refractivity contribution in [2.45, 2.75) is 38.0 Å². The summed E-state index contributed by atoms with van der Waals surface area (Å²) in [5.41, 5.74) is 0.944. The Bertz CT molecular complexity index is 431. The molecule has 1 saturated carbocycles. The summed E-state index contributed by atoms with van der Waals surface area (Å²) in [5, 5.41) is 1.02. The summed E-state index contributed by atoms with van der Waals surface area (Å²) in [7, 11) is 0. The molecule has 0 amide bonds. The zero-order valence-electron chi connectivity index (χ0n) is 11.1. The summed E-state index contributed by atoms with van der Waals surface area (Å²) in [5.74, 6) is 0.433. The van der Waals surface area contributed by atoms with Gasteiger partial charge in [0.05, 0.1) is 0 Å². The zero-order chi connectivity index (χ0) is 14.5. The standard InChI is InChI=1S/C15H18BrF3O/c16-8-10-1-3-11(4-2-10)12-5-6-14(13(17)7-12)20-9-15(18)19/h5-7,10-11,15H,1-4,8-9H2. The minimum atomic E-state index is -2.59. The second-order valence-corrected chi connectivity index (χ2v) is 5.91. The lowest BCUT2D eigenvalue weighted by molar-refractivity contribution is 0.0799. The molecule has 0 heterocycles. The van der Waals surface area contributed by atoms with E-state index in [2.05, 4.69) is 15.9 Å². The Morgan fingerprint density at radius 1 is 1.20 bits per heavy atom. The van der Waals surface area contributed by atoms with Crippen molar-refractivity contribution in [1.82, 2.24) is 0 Å². The van der Waals surface area contributed by atoms with E-state index in [1.807, 2.05) is 0 Å². The van der Waals surface area contributed by atoms with Gasteiger partial charge in [-0.25, -0.2) is 13.2 Å². The predicted molar refractivity (Wildman–Crippen MR) is 76.4 cm³/mol. The van der Waals surface area contributed by atoms with Crippen LogP contribution < -0.4 is 4.74 Å². The van der Waals surface area contributed by atoms with Crippen LogP contribution in [0.25, 0.3) is 0 Å². The monoisotopic (exact) mass is 350 g/mol. The third-order valence-electron chi connectivity index (χ3n) is 3.86. The van der Waals surface area contributed by atoms with Crippen molar-refractivity contribution in [2.24, 2.45) is 5.92 Å². The van der Waals surface area contributed by atoms with Gasteiger partial charge in [0.15, 0.2) is 11.6 Å². The van der Waals surface area contributed by atoms with Crippen LogP contribution in [0.2, 0.25) is 0 Å². The molecule has 0 unspecified atom stereocenters. The lowest BCUT2D eigenvalue weighted by Gasteiger charge is -2.27. The van der Waals surface area contributed by atoms with E-state index in [1.165, 1.54) is 12.1 Å². The summed E-state index contributed by atoms with van der Waals surface area (Å²) in [6.07, 6.45) is 1.79. The van der Waals surface area contributed by atoms with E-state index in [1.54, 1.807) is 6.07 Å². The van der Waals surface area contributed by atoms with Crippen LogP contribution in [-0.2, 0) is 0 Å². The van der Waals surface area contributed by atoms with Gasteiger partial charge in [0.25, 0.3) is 6.43 Å². The average Bonchev–Trinajstić information content (AvgIpc) is 2.46. The molecule has 1 aliphatic carbocycles. The van der Waals surface area contributed by atoms with Gasteiger partial charge in [-0.15, -0.1) is 0 Å². The molecule has 0 atom stereocenters. The number of hydrogen-bond acceptors (Lipinski definition) is 1. The quantitative estimate of drug-likeness (QED) is 0.668. The van der Waals surface area contributed by atoms with Gasteiger partial charge in [-0.1, -0.05) is 22.0 Å². The van der Waals surface area contributed by atoms with Crippen molar-refractivity contribution >= 4 is 15.9 Å². The van der Waals surface area contributed by atoms with Crippen LogP contribution in [-0.4, -0.2) is 18.4 Å². The van der Waals surface area contributed by atoms with E-state index in [9.17, 15) is 13.2 Å². The minimum absolute atomic E-state index is 0.0943. The summed E-state index contributed by atoms with van der Waals surface area (Å²) in [4.78, 5) is 0. The van der Waals surface area contributed by atoms with E-state index < -0.39 is 18.8 Å². The summed E-state index contributed by atoms with van der Waals surface area (Å²) >= 11 is 3.50. The minimum Gasteiger partial charge on any atom is -0.485 e. The second kappa shape index (κ2) is 7.34. The molecule has 112 valence electrons. The van der Waals surface area contributed by atoms with Crippen molar-refractivity contribution in [3.8, 4) is 5.75 Å². The number of rotatable bonds is 5. The molecule has 0 aromatic heterocycles. The highest BCUT2D eigenvalue weighted by atomic mass is 79.9. The molecule has 0 radical (unpaired) electrons. The largest absolute Gasteiger partial charge is 0.485 e. The smallest absolute Gasteiger partial charge is 0.272 e. The van der Waals surface area contributed by atoms with Crippen molar-refractivity contribution < 1.29 is 17.9 Å². The molecule has 2 rings (SSSR count). The number of hydrogen-bond donors (Lipinski definition) is 0. The lowest BCUT2D eigenvalue weighted by Crippen LogP contribution is -2.14. The average molecular weight is 351 g/mol. The fraction of sp³-hybridized carbons (Fsp3) is 0.600. The van der Waals surface area contributed by atoms with Crippen LogP contribution in [0.15, 0.2) is 18.2 Å².